The Labute approximate surface area is 152 Å². The first-order valence-corrected chi connectivity index (χ1v) is 8.93. The molecular weight excluding hydrogens is 328 g/mol. The summed E-state index contributed by atoms with van der Waals surface area (Å²) in [7, 11) is 0. The molecule has 2 atom stereocenters. The second-order valence-corrected chi connectivity index (χ2v) is 6.69. The molecule has 2 N–H and O–H groups in total. The summed E-state index contributed by atoms with van der Waals surface area (Å²) in [5.74, 6) is 0.957. The number of benzene rings is 1. The van der Waals surface area contributed by atoms with E-state index >= 15 is 0 Å². The number of carbonyl (C=O) groups is 1. The number of rotatable bonds is 4. The van der Waals surface area contributed by atoms with Crippen LogP contribution in [0.4, 0.5) is 0 Å². The number of hydrogen-bond acceptors (Lipinski definition) is 4. The van der Waals surface area contributed by atoms with Gasteiger partial charge in [0.25, 0.3) is 5.91 Å². The molecule has 6 heteroatoms. The summed E-state index contributed by atoms with van der Waals surface area (Å²) in [6.45, 7) is 3.96. The fourth-order valence-electron chi connectivity index (χ4n) is 3.28. The minimum absolute atomic E-state index is 0.113. The van der Waals surface area contributed by atoms with Crippen LogP contribution < -0.4 is 10.6 Å². The number of carbonyl (C=O) groups excluding carboxylic acids is 1. The third-order valence-corrected chi connectivity index (χ3v) is 4.86. The Hall–Kier alpha value is -2.86. The molecule has 0 aliphatic carbocycles. The van der Waals surface area contributed by atoms with Crippen LogP contribution in [0.1, 0.15) is 23.8 Å². The monoisotopic (exact) mass is 350 g/mol. The van der Waals surface area contributed by atoms with E-state index in [1.165, 1.54) is 0 Å². The van der Waals surface area contributed by atoms with Gasteiger partial charge < -0.3 is 15.1 Å². The lowest BCUT2D eigenvalue weighted by Crippen LogP contribution is -2.50. The van der Waals surface area contributed by atoms with Crippen molar-refractivity contribution in [1.29, 1.82) is 0 Å². The molecule has 3 aromatic rings. The lowest BCUT2D eigenvalue weighted by molar-refractivity contribution is 0.0907. The summed E-state index contributed by atoms with van der Waals surface area (Å²) in [5, 5.41) is 11.1. The number of amides is 1. The maximum absolute atomic E-state index is 13.0. The molecule has 4 rings (SSSR count). The summed E-state index contributed by atoms with van der Waals surface area (Å²) in [4.78, 5) is 13.0. The maximum Gasteiger partial charge on any atom is 0.270 e. The van der Waals surface area contributed by atoms with Crippen molar-refractivity contribution < 1.29 is 9.21 Å². The highest BCUT2D eigenvalue weighted by molar-refractivity contribution is 5.94. The zero-order valence-electron chi connectivity index (χ0n) is 14.7. The molecule has 2 aromatic heterocycles. The Balaban J connectivity index is 1.68. The van der Waals surface area contributed by atoms with Crippen molar-refractivity contribution in [3.63, 3.8) is 0 Å². The molecule has 1 aliphatic heterocycles. The van der Waals surface area contributed by atoms with E-state index in [-0.39, 0.29) is 11.9 Å². The third kappa shape index (κ3) is 3.28. The molecule has 0 saturated carbocycles. The smallest absolute Gasteiger partial charge is 0.270 e. The zero-order chi connectivity index (χ0) is 17.9. The van der Waals surface area contributed by atoms with Crippen molar-refractivity contribution in [3.8, 4) is 17.1 Å². The van der Waals surface area contributed by atoms with E-state index in [4.69, 9.17) is 4.42 Å². The highest BCUT2D eigenvalue weighted by Crippen LogP contribution is 2.22. The first kappa shape index (κ1) is 16.6. The van der Waals surface area contributed by atoms with E-state index in [9.17, 15) is 4.79 Å². The van der Waals surface area contributed by atoms with E-state index in [0.717, 1.165) is 25.2 Å². The van der Waals surface area contributed by atoms with Crippen molar-refractivity contribution in [1.82, 2.24) is 20.4 Å². The van der Waals surface area contributed by atoms with Crippen LogP contribution in [0.25, 0.3) is 17.1 Å². The second-order valence-electron chi connectivity index (χ2n) is 6.69. The van der Waals surface area contributed by atoms with Gasteiger partial charge in [0.05, 0.1) is 12.0 Å². The number of aromatic nitrogens is 2. The van der Waals surface area contributed by atoms with Gasteiger partial charge in [0.2, 0.25) is 0 Å². The molecule has 3 heterocycles. The summed E-state index contributed by atoms with van der Waals surface area (Å²) in [6.07, 6.45) is 2.66. The molecule has 26 heavy (non-hydrogen) atoms. The van der Waals surface area contributed by atoms with Crippen LogP contribution in [0.5, 0.6) is 0 Å². The summed E-state index contributed by atoms with van der Waals surface area (Å²) in [6, 6.07) is 15.2. The molecule has 1 aliphatic rings. The molecular formula is C20H22N4O2. The first-order valence-electron chi connectivity index (χ1n) is 8.93. The van der Waals surface area contributed by atoms with Crippen LogP contribution in [0.2, 0.25) is 0 Å². The van der Waals surface area contributed by atoms with E-state index in [0.29, 0.717) is 23.1 Å². The quantitative estimate of drug-likeness (QED) is 0.759. The minimum atomic E-state index is -0.125. The summed E-state index contributed by atoms with van der Waals surface area (Å²) in [5.41, 5.74) is 1.98. The van der Waals surface area contributed by atoms with Crippen LogP contribution in [-0.2, 0) is 0 Å². The maximum atomic E-state index is 13.0. The number of hydrogen-bond donors (Lipinski definition) is 2. The largest absolute Gasteiger partial charge is 0.463 e. The van der Waals surface area contributed by atoms with Gasteiger partial charge in [-0.05, 0) is 43.1 Å². The lowest BCUT2D eigenvalue weighted by Gasteiger charge is -2.30. The molecule has 0 radical (unpaired) electrons. The summed E-state index contributed by atoms with van der Waals surface area (Å²) < 4.78 is 7.13. The normalized spacial score (nSPS) is 20.0. The molecule has 0 spiro atoms. The highest BCUT2D eigenvalue weighted by atomic mass is 16.3. The van der Waals surface area contributed by atoms with Crippen molar-refractivity contribution in [2.24, 2.45) is 5.92 Å². The van der Waals surface area contributed by atoms with Gasteiger partial charge in [-0.2, -0.15) is 5.10 Å². The lowest BCUT2D eigenvalue weighted by atomic mass is 9.95. The van der Waals surface area contributed by atoms with E-state index in [1.54, 1.807) is 17.0 Å². The van der Waals surface area contributed by atoms with Gasteiger partial charge >= 0.3 is 0 Å². The van der Waals surface area contributed by atoms with Crippen LogP contribution in [0.3, 0.4) is 0 Å². The van der Waals surface area contributed by atoms with Crippen molar-refractivity contribution in [2.45, 2.75) is 19.4 Å². The highest BCUT2D eigenvalue weighted by Gasteiger charge is 2.25. The Kier molecular flexibility index (Phi) is 4.58. The third-order valence-electron chi connectivity index (χ3n) is 4.86. The van der Waals surface area contributed by atoms with E-state index in [1.807, 2.05) is 42.5 Å². The number of para-hydroxylation sites is 1. The Morgan fingerprint density at radius 1 is 1.27 bits per heavy atom. The summed E-state index contributed by atoms with van der Waals surface area (Å²) >= 11 is 0. The molecule has 2 unspecified atom stereocenters. The number of piperidine rings is 1. The van der Waals surface area contributed by atoms with Gasteiger partial charge in [0, 0.05) is 18.7 Å². The molecule has 134 valence electrons. The number of furan rings is 1. The Morgan fingerprint density at radius 2 is 2.12 bits per heavy atom. The van der Waals surface area contributed by atoms with Crippen molar-refractivity contribution in [2.75, 3.05) is 13.1 Å². The predicted octanol–water partition coefficient (Wildman–Crippen LogP) is 2.86. The average Bonchev–Trinajstić information content (AvgIpc) is 3.34. The van der Waals surface area contributed by atoms with Gasteiger partial charge in [-0.15, -0.1) is 0 Å². The fraction of sp³-hybridized carbons (Fsp3) is 0.300. The Bertz CT molecular complexity index is 871. The first-order chi connectivity index (χ1) is 12.7. The Morgan fingerprint density at radius 3 is 2.85 bits per heavy atom. The molecule has 1 aromatic carbocycles. The van der Waals surface area contributed by atoms with Crippen LogP contribution >= 0.6 is 0 Å². The standard InChI is InChI=1S/C20H22N4O2/c1-14-9-10-21-13-17(14)22-20(25)18-12-16(19-8-5-11-26-19)23-24(18)15-6-3-2-4-7-15/h2-8,11-12,14,17,21H,9-10,13H2,1H3,(H,22,25). The van der Waals surface area contributed by atoms with E-state index in [2.05, 4.69) is 22.7 Å². The van der Waals surface area contributed by atoms with E-state index < -0.39 is 0 Å². The average molecular weight is 350 g/mol. The van der Waals surface area contributed by atoms with Crippen molar-refractivity contribution in [3.05, 3.63) is 60.5 Å². The van der Waals surface area contributed by atoms with Crippen LogP contribution in [-0.4, -0.2) is 34.8 Å². The van der Waals surface area contributed by atoms with Crippen LogP contribution in [0.15, 0.2) is 59.2 Å². The van der Waals surface area contributed by atoms with Gasteiger partial charge in [-0.25, -0.2) is 4.68 Å². The number of nitrogens with zero attached hydrogens (tertiary/aromatic N) is 2. The number of nitrogens with one attached hydrogen (secondary N) is 2. The van der Waals surface area contributed by atoms with Gasteiger partial charge in [0.1, 0.15) is 11.4 Å². The molecule has 1 fully saturated rings. The molecule has 1 amide bonds. The predicted molar refractivity (Wildman–Crippen MR) is 99.2 cm³/mol. The van der Waals surface area contributed by atoms with Crippen molar-refractivity contribution >= 4 is 5.91 Å². The minimum Gasteiger partial charge on any atom is -0.463 e. The second kappa shape index (κ2) is 7.17. The van der Waals surface area contributed by atoms with Gasteiger partial charge in [0.15, 0.2) is 5.76 Å². The molecule has 0 bridgehead atoms. The van der Waals surface area contributed by atoms with Crippen LogP contribution in [0, 0.1) is 5.92 Å². The molecule has 1 saturated heterocycles. The zero-order valence-corrected chi connectivity index (χ0v) is 14.7. The fourth-order valence-corrected chi connectivity index (χ4v) is 3.28. The topological polar surface area (TPSA) is 72.1 Å². The van der Waals surface area contributed by atoms with Gasteiger partial charge in [-0.1, -0.05) is 25.1 Å². The molecule has 6 nitrogen and oxygen atoms in total. The SMILES string of the molecule is CC1CCNCC1NC(=O)c1cc(-c2ccco2)nn1-c1ccccc1. The van der Waals surface area contributed by atoms with Gasteiger partial charge in [-0.3, -0.25) is 4.79 Å².